The maximum atomic E-state index is 11.9. The molecule has 1 aromatic heterocycles. The van der Waals surface area contributed by atoms with Crippen LogP contribution in [0.15, 0.2) is 30.5 Å². The van der Waals surface area contributed by atoms with Gasteiger partial charge in [-0.05, 0) is 18.2 Å². The molecule has 1 amide bonds. The summed E-state index contributed by atoms with van der Waals surface area (Å²) in [5, 5.41) is 11.4. The van der Waals surface area contributed by atoms with E-state index in [1.807, 2.05) is 0 Å². The molecule has 0 bridgehead atoms. The summed E-state index contributed by atoms with van der Waals surface area (Å²) in [6, 6.07) is 5.66. The number of non-ortho nitro benzene ring substituents is 1. The number of pyridine rings is 1. The van der Waals surface area contributed by atoms with Crippen molar-refractivity contribution >= 4 is 28.5 Å². The SMILES string of the molecule is COC(=O)C(Oc1ccc([N+](=O)[O-])c2cccnc12)N(C)C(C)=O. The molecule has 1 atom stereocenters. The summed E-state index contributed by atoms with van der Waals surface area (Å²) in [5.74, 6) is -1.07. The van der Waals surface area contributed by atoms with Crippen LogP contribution in [-0.2, 0) is 14.3 Å². The molecule has 0 fully saturated rings. The highest BCUT2D eigenvalue weighted by Crippen LogP contribution is 2.32. The fourth-order valence-corrected chi connectivity index (χ4v) is 2.06. The minimum atomic E-state index is -1.33. The zero-order valence-electron chi connectivity index (χ0n) is 13.3. The number of fused-ring (bicyclic) bond motifs is 1. The molecule has 1 unspecified atom stereocenters. The number of benzene rings is 1. The topological polar surface area (TPSA) is 112 Å². The summed E-state index contributed by atoms with van der Waals surface area (Å²) >= 11 is 0. The van der Waals surface area contributed by atoms with Gasteiger partial charge in [0.15, 0.2) is 0 Å². The monoisotopic (exact) mass is 333 g/mol. The molecule has 0 saturated carbocycles. The van der Waals surface area contributed by atoms with E-state index < -0.39 is 23.0 Å². The smallest absolute Gasteiger partial charge is 0.369 e. The highest BCUT2D eigenvalue weighted by molar-refractivity contribution is 5.92. The number of likely N-dealkylation sites (N-methyl/N-ethyl adjacent to an activating group) is 1. The van der Waals surface area contributed by atoms with Crippen molar-refractivity contribution < 1.29 is 24.0 Å². The van der Waals surface area contributed by atoms with E-state index in [9.17, 15) is 19.7 Å². The first kappa shape index (κ1) is 17.1. The van der Waals surface area contributed by atoms with Crippen molar-refractivity contribution in [3.05, 3.63) is 40.6 Å². The number of carbonyl (C=O) groups excluding carboxylic acids is 2. The van der Waals surface area contributed by atoms with Crippen molar-refractivity contribution in [1.82, 2.24) is 9.88 Å². The van der Waals surface area contributed by atoms with Gasteiger partial charge in [-0.3, -0.25) is 19.9 Å². The van der Waals surface area contributed by atoms with E-state index in [1.54, 1.807) is 6.07 Å². The third-order valence-electron chi connectivity index (χ3n) is 3.40. The number of ether oxygens (including phenoxy) is 2. The van der Waals surface area contributed by atoms with Crippen LogP contribution in [0.2, 0.25) is 0 Å². The van der Waals surface area contributed by atoms with Crippen LogP contribution in [0.3, 0.4) is 0 Å². The number of carbonyl (C=O) groups is 2. The lowest BCUT2D eigenvalue weighted by molar-refractivity contribution is -0.383. The maximum absolute atomic E-state index is 11.9. The van der Waals surface area contributed by atoms with Gasteiger partial charge in [-0.25, -0.2) is 4.79 Å². The molecule has 0 N–H and O–H groups in total. The van der Waals surface area contributed by atoms with E-state index in [4.69, 9.17) is 4.74 Å². The molecule has 2 aromatic rings. The van der Waals surface area contributed by atoms with Crippen LogP contribution in [0.4, 0.5) is 5.69 Å². The maximum Gasteiger partial charge on any atom is 0.369 e. The Kier molecular flexibility index (Phi) is 4.93. The summed E-state index contributed by atoms with van der Waals surface area (Å²) in [4.78, 5) is 39.2. The van der Waals surface area contributed by atoms with E-state index in [2.05, 4.69) is 9.72 Å². The van der Waals surface area contributed by atoms with Gasteiger partial charge in [-0.2, -0.15) is 0 Å². The molecule has 1 heterocycles. The summed E-state index contributed by atoms with van der Waals surface area (Å²) in [7, 11) is 2.55. The van der Waals surface area contributed by atoms with Gasteiger partial charge in [0, 0.05) is 26.2 Å². The number of nitro benzene ring substituents is 1. The minimum Gasteiger partial charge on any atom is -0.465 e. The van der Waals surface area contributed by atoms with E-state index in [1.165, 1.54) is 45.5 Å². The second kappa shape index (κ2) is 6.90. The summed E-state index contributed by atoms with van der Waals surface area (Å²) in [6.45, 7) is 1.27. The average Bonchev–Trinajstić information content (AvgIpc) is 2.57. The fraction of sp³-hybridized carbons (Fsp3) is 0.267. The van der Waals surface area contributed by atoms with Crippen LogP contribution in [0.5, 0.6) is 5.75 Å². The highest BCUT2D eigenvalue weighted by Gasteiger charge is 2.29. The Morgan fingerprint density at radius 1 is 1.33 bits per heavy atom. The number of aromatic nitrogens is 1. The Labute approximate surface area is 136 Å². The number of esters is 1. The quantitative estimate of drug-likeness (QED) is 0.353. The van der Waals surface area contributed by atoms with Crippen LogP contribution in [-0.4, -0.2) is 47.1 Å². The molecule has 0 aliphatic rings. The van der Waals surface area contributed by atoms with Crippen LogP contribution in [0.25, 0.3) is 10.9 Å². The number of hydrogen-bond donors (Lipinski definition) is 0. The van der Waals surface area contributed by atoms with Gasteiger partial charge in [0.2, 0.25) is 5.91 Å². The third-order valence-corrected chi connectivity index (χ3v) is 3.40. The second-order valence-electron chi connectivity index (χ2n) is 4.86. The Hall–Kier alpha value is -3.23. The first-order valence-electron chi connectivity index (χ1n) is 6.86. The van der Waals surface area contributed by atoms with Crippen LogP contribution < -0.4 is 4.74 Å². The first-order chi connectivity index (χ1) is 11.4. The lowest BCUT2D eigenvalue weighted by Crippen LogP contribution is -2.46. The predicted molar refractivity (Wildman–Crippen MR) is 83.3 cm³/mol. The molecule has 0 spiro atoms. The van der Waals surface area contributed by atoms with Crippen molar-refractivity contribution in [2.45, 2.75) is 13.2 Å². The van der Waals surface area contributed by atoms with Gasteiger partial charge >= 0.3 is 5.97 Å². The fourth-order valence-electron chi connectivity index (χ4n) is 2.06. The van der Waals surface area contributed by atoms with Crippen molar-refractivity contribution in [2.24, 2.45) is 0 Å². The van der Waals surface area contributed by atoms with Gasteiger partial charge in [0.25, 0.3) is 11.9 Å². The zero-order valence-corrected chi connectivity index (χ0v) is 13.3. The third kappa shape index (κ3) is 3.24. The highest BCUT2D eigenvalue weighted by atomic mass is 16.6. The summed E-state index contributed by atoms with van der Waals surface area (Å²) in [6.07, 6.45) is 0.111. The van der Waals surface area contributed by atoms with Crippen molar-refractivity contribution in [3.63, 3.8) is 0 Å². The molecule has 24 heavy (non-hydrogen) atoms. The number of rotatable bonds is 5. The molecule has 9 nitrogen and oxygen atoms in total. The Bertz CT molecular complexity index is 807. The summed E-state index contributed by atoms with van der Waals surface area (Å²) in [5.41, 5.74) is 0.0672. The molecule has 0 saturated heterocycles. The number of hydrogen-bond acceptors (Lipinski definition) is 7. The Morgan fingerprint density at radius 2 is 2.04 bits per heavy atom. The van der Waals surface area contributed by atoms with Crippen molar-refractivity contribution in [3.8, 4) is 5.75 Å². The second-order valence-corrected chi connectivity index (χ2v) is 4.86. The molecule has 0 aliphatic heterocycles. The van der Waals surface area contributed by atoms with Gasteiger partial charge in [-0.15, -0.1) is 0 Å². The molecular weight excluding hydrogens is 318 g/mol. The van der Waals surface area contributed by atoms with E-state index in [0.717, 1.165) is 4.90 Å². The van der Waals surface area contributed by atoms with Crippen LogP contribution in [0.1, 0.15) is 6.92 Å². The number of nitrogens with zero attached hydrogens (tertiary/aromatic N) is 3. The average molecular weight is 333 g/mol. The molecule has 9 heteroatoms. The molecule has 1 aromatic carbocycles. The number of methoxy groups -OCH3 is 1. The lowest BCUT2D eigenvalue weighted by Gasteiger charge is -2.25. The van der Waals surface area contributed by atoms with E-state index in [-0.39, 0.29) is 22.3 Å². The predicted octanol–water partition coefficient (Wildman–Crippen LogP) is 1.50. The van der Waals surface area contributed by atoms with Gasteiger partial charge in [0.1, 0.15) is 11.3 Å². The molecule has 2 rings (SSSR count). The Morgan fingerprint density at radius 3 is 2.62 bits per heavy atom. The van der Waals surface area contributed by atoms with Gasteiger partial charge in [-0.1, -0.05) is 0 Å². The normalized spacial score (nSPS) is 11.6. The minimum absolute atomic E-state index is 0.125. The van der Waals surface area contributed by atoms with E-state index >= 15 is 0 Å². The number of amides is 1. The van der Waals surface area contributed by atoms with Crippen molar-refractivity contribution in [1.29, 1.82) is 0 Å². The van der Waals surface area contributed by atoms with Gasteiger partial charge in [0.05, 0.1) is 17.4 Å². The van der Waals surface area contributed by atoms with Crippen LogP contribution in [0, 0.1) is 10.1 Å². The largest absolute Gasteiger partial charge is 0.465 e. The first-order valence-corrected chi connectivity index (χ1v) is 6.86. The summed E-state index contributed by atoms with van der Waals surface area (Å²) < 4.78 is 10.2. The van der Waals surface area contributed by atoms with E-state index in [0.29, 0.717) is 0 Å². The van der Waals surface area contributed by atoms with Gasteiger partial charge < -0.3 is 14.4 Å². The zero-order chi connectivity index (χ0) is 17.9. The standard InChI is InChI=1S/C15H15N3O6/c1-9(19)17(2)14(15(20)23-3)24-12-7-6-11(18(21)22)10-5-4-8-16-13(10)12/h4-8,14H,1-3H3. The molecule has 126 valence electrons. The lowest BCUT2D eigenvalue weighted by atomic mass is 10.1. The van der Waals surface area contributed by atoms with Crippen molar-refractivity contribution in [2.75, 3.05) is 14.2 Å². The molecular formula is C15H15N3O6. The number of nitro groups is 1. The molecule has 0 radical (unpaired) electrons. The Balaban J connectivity index is 2.52. The molecule has 0 aliphatic carbocycles. The van der Waals surface area contributed by atoms with Crippen LogP contribution >= 0.6 is 0 Å².